The summed E-state index contributed by atoms with van der Waals surface area (Å²) in [5.74, 6) is 1.79. The van der Waals surface area contributed by atoms with Gasteiger partial charge in [0, 0.05) is 44.5 Å². The molecule has 1 aliphatic heterocycles. The lowest BCUT2D eigenvalue weighted by molar-refractivity contribution is 0.0759. The van der Waals surface area contributed by atoms with E-state index in [2.05, 4.69) is 9.55 Å². The smallest absolute Gasteiger partial charge is 0.253 e. The predicted octanol–water partition coefficient (Wildman–Crippen LogP) is 2.83. The normalized spacial score (nSPS) is 17.1. The summed E-state index contributed by atoms with van der Waals surface area (Å²) in [6.45, 7) is 5.78. The van der Waals surface area contributed by atoms with Crippen LogP contribution in [0.1, 0.15) is 33.7 Å². The average molecular weight is 297 g/mol. The van der Waals surface area contributed by atoms with Gasteiger partial charge in [-0.1, -0.05) is 17.7 Å². The van der Waals surface area contributed by atoms with Crippen molar-refractivity contribution in [3.63, 3.8) is 0 Å². The summed E-state index contributed by atoms with van der Waals surface area (Å²) in [4.78, 5) is 18.9. The van der Waals surface area contributed by atoms with Gasteiger partial charge in [-0.2, -0.15) is 0 Å². The van der Waals surface area contributed by atoms with Crippen LogP contribution in [0.25, 0.3) is 0 Å². The Morgan fingerprint density at radius 1 is 1.41 bits per heavy atom. The summed E-state index contributed by atoms with van der Waals surface area (Å²) in [6.07, 6.45) is 6.00. The van der Waals surface area contributed by atoms with Crippen molar-refractivity contribution in [2.75, 3.05) is 13.6 Å². The number of carbonyl (C=O) groups excluding carboxylic acids is 1. The van der Waals surface area contributed by atoms with Crippen molar-refractivity contribution in [3.8, 4) is 0 Å². The lowest BCUT2D eigenvalue weighted by atomic mass is 9.98. The Morgan fingerprint density at radius 3 is 3.05 bits per heavy atom. The number of hydrogen-bond donors (Lipinski definition) is 0. The molecule has 2 heterocycles. The van der Waals surface area contributed by atoms with Gasteiger partial charge in [0.05, 0.1) is 0 Å². The van der Waals surface area contributed by atoms with Crippen LogP contribution >= 0.6 is 0 Å². The van der Waals surface area contributed by atoms with E-state index in [1.165, 1.54) is 5.82 Å². The Hall–Kier alpha value is -2.10. The van der Waals surface area contributed by atoms with Gasteiger partial charge in [0.1, 0.15) is 5.82 Å². The van der Waals surface area contributed by atoms with Crippen molar-refractivity contribution in [2.24, 2.45) is 5.92 Å². The Morgan fingerprint density at radius 2 is 2.23 bits per heavy atom. The van der Waals surface area contributed by atoms with Crippen LogP contribution in [0.3, 0.4) is 0 Å². The molecule has 0 spiro atoms. The summed E-state index contributed by atoms with van der Waals surface area (Å²) < 4.78 is 2.21. The second-order valence-corrected chi connectivity index (χ2v) is 6.40. The largest absolute Gasteiger partial charge is 0.341 e. The Bertz CT molecular complexity index is 689. The molecule has 4 heteroatoms. The molecule has 0 radical (unpaired) electrons. The van der Waals surface area contributed by atoms with Crippen molar-refractivity contribution in [2.45, 2.75) is 33.2 Å². The van der Waals surface area contributed by atoms with E-state index in [0.717, 1.165) is 42.6 Å². The standard InChI is InChI=1S/C18H23N3O/c1-13-4-5-14(2)16(10-13)18(22)20(3)11-15-6-7-17-19-8-9-21(17)12-15/h4-5,8-10,15H,6-7,11-12H2,1-3H3/t15-/m0/s1. The quantitative estimate of drug-likeness (QED) is 0.873. The number of amides is 1. The van der Waals surface area contributed by atoms with Gasteiger partial charge in [0.2, 0.25) is 0 Å². The van der Waals surface area contributed by atoms with E-state index in [1.807, 2.05) is 56.4 Å². The molecule has 0 saturated heterocycles. The molecule has 1 amide bonds. The summed E-state index contributed by atoms with van der Waals surface area (Å²) in [6, 6.07) is 6.06. The highest BCUT2D eigenvalue weighted by Gasteiger charge is 2.23. The number of nitrogens with zero attached hydrogens (tertiary/aromatic N) is 3. The molecule has 1 aromatic carbocycles. The van der Waals surface area contributed by atoms with Gasteiger partial charge in [0.15, 0.2) is 0 Å². The zero-order valence-corrected chi connectivity index (χ0v) is 13.5. The predicted molar refractivity (Wildman–Crippen MR) is 86.9 cm³/mol. The number of rotatable bonds is 3. The topological polar surface area (TPSA) is 38.1 Å². The van der Waals surface area contributed by atoms with E-state index in [0.29, 0.717) is 5.92 Å². The minimum atomic E-state index is 0.123. The summed E-state index contributed by atoms with van der Waals surface area (Å²) in [7, 11) is 1.91. The first-order valence-corrected chi connectivity index (χ1v) is 7.87. The Labute approximate surface area is 131 Å². The molecule has 0 unspecified atom stereocenters. The molecule has 22 heavy (non-hydrogen) atoms. The summed E-state index contributed by atoms with van der Waals surface area (Å²) in [5, 5.41) is 0. The molecule has 0 fully saturated rings. The van der Waals surface area contributed by atoms with Crippen LogP contribution in [-0.4, -0.2) is 34.0 Å². The highest BCUT2D eigenvalue weighted by Crippen LogP contribution is 2.20. The molecule has 2 aromatic rings. The van der Waals surface area contributed by atoms with Gasteiger partial charge in [-0.25, -0.2) is 4.98 Å². The van der Waals surface area contributed by atoms with Gasteiger partial charge in [-0.05, 0) is 37.8 Å². The highest BCUT2D eigenvalue weighted by atomic mass is 16.2. The van der Waals surface area contributed by atoms with E-state index in [1.54, 1.807) is 0 Å². The van der Waals surface area contributed by atoms with E-state index in [4.69, 9.17) is 0 Å². The van der Waals surface area contributed by atoms with Crippen LogP contribution in [0, 0.1) is 19.8 Å². The molecule has 1 aliphatic rings. The highest BCUT2D eigenvalue weighted by molar-refractivity contribution is 5.95. The lowest BCUT2D eigenvalue weighted by Gasteiger charge is -2.28. The van der Waals surface area contributed by atoms with Crippen LogP contribution in [0.5, 0.6) is 0 Å². The zero-order valence-electron chi connectivity index (χ0n) is 13.5. The zero-order chi connectivity index (χ0) is 15.7. The molecule has 1 aromatic heterocycles. The molecule has 4 nitrogen and oxygen atoms in total. The number of aryl methyl sites for hydroxylation is 3. The van der Waals surface area contributed by atoms with Crippen LogP contribution in [0.2, 0.25) is 0 Å². The van der Waals surface area contributed by atoms with Gasteiger partial charge < -0.3 is 9.47 Å². The van der Waals surface area contributed by atoms with Crippen molar-refractivity contribution < 1.29 is 4.79 Å². The van der Waals surface area contributed by atoms with Crippen LogP contribution in [0.15, 0.2) is 30.6 Å². The molecule has 116 valence electrons. The molecule has 3 rings (SSSR count). The molecule has 0 bridgehead atoms. The van der Waals surface area contributed by atoms with Gasteiger partial charge in [-0.15, -0.1) is 0 Å². The second-order valence-electron chi connectivity index (χ2n) is 6.40. The van der Waals surface area contributed by atoms with E-state index in [-0.39, 0.29) is 5.91 Å². The first-order chi connectivity index (χ1) is 10.5. The van der Waals surface area contributed by atoms with E-state index >= 15 is 0 Å². The SMILES string of the molecule is Cc1ccc(C)c(C(=O)N(C)C[C@@H]2CCc3nccn3C2)c1. The fraction of sp³-hybridized carbons (Fsp3) is 0.444. The molecule has 0 saturated carbocycles. The third-order valence-electron chi connectivity index (χ3n) is 4.54. The average Bonchev–Trinajstić information content (AvgIpc) is 2.96. The van der Waals surface area contributed by atoms with E-state index < -0.39 is 0 Å². The monoisotopic (exact) mass is 297 g/mol. The minimum Gasteiger partial charge on any atom is -0.341 e. The molecule has 0 N–H and O–H groups in total. The third-order valence-corrected chi connectivity index (χ3v) is 4.54. The Kier molecular flexibility index (Phi) is 4.01. The molecule has 1 atom stereocenters. The first kappa shape index (κ1) is 14.8. The number of aromatic nitrogens is 2. The van der Waals surface area contributed by atoms with Crippen molar-refractivity contribution in [1.29, 1.82) is 0 Å². The number of hydrogen-bond acceptors (Lipinski definition) is 2. The van der Waals surface area contributed by atoms with Crippen molar-refractivity contribution >= 4 is 5.91 Å². The number of carbonyl (C=O) groups is 1. The maximum atomic E-state index is 12.7. The van der Waals surface area contributed by atoms with Crippen LogP contribution in [0.4, 0.5) is 0 Å². The molecular formula is C18H23N3O. The fourth-order valence-corrected chi connectivity index (χ4v) is 3.23. The first-order valence-electron chi connectivity index (χ1n) is 7.87. The second kappa shape index (κ2) is 5.95. The molecular weight excluding hydrogens is 274 g/mol. The number of benzene rings is 1. The van der Waals surface area contributed by atoms with Crippen molar-refractivity contribution in [1.82, 2.24) is 14.5 Å². The maximum Gasteiger partial charge on any atom is 0.253 e. The number of imidazole rings is 1. The fourth-order valence-electron chi connectivity index (χ4n) is 3.23. The minimum absolute atomic E-state index is 0.123. The maximum absolute atomic E-state index is 12.7. The van der Waals surface area contributed by atoms with Crippen LogP contribution < -0.4 is 0 Å². The van der Waals surface area contributed by atoms with Crippen molar-refractivity contribution in [3.05, 3.63) is 53.1 Å². The van der Waals surface area contributed by atoms with E-state index in [9.17, 15) is 4.79 Å². The van der Waals surface area contributed by atoms with Gasteiger partial charge in [-0.3, -0.25) is 4.79 Å². The lowest BCUT2D eigenvalue weighted by Crippen LogP contribution is -2.35. The van der Waals surface area contributed by atoms with Gasteiger partial charge >= 0.3 is 0 Å². The molecule has 0 aliphatic carbocycles. The van der Waals surface area contributed by atoms with Gasteiger partial charge in [0.25, 0.3) is 5.91 Å². The number of fused-ring (bicyclic) bond motifs is 1. The summed E-state index contributed by atoms with van der Waals surface area (Å²) >= 11 is 0. The van der Waals surface area contributed by atoms with Crippen LogP contribution in [-0.2, 0) is 13.0 Å². The summed E-state index contributed by atoms with van der Waals surface area (Å²) in [5.41, 5.74) is 2.99. The Balaban J connectivity index is 1.68. The third kappa shape index (κ3) is 2.91.